The Morgan fingerprint density at radius 2 is 1.93 bits per heavy atom. The molecule has 0 aliphatic carbocycles. The summed E-state index contributed by atoms with van der Waals surface area (Å²) in [5, 5.41) is 1.78. The van der Waals surface area contributed by atoms with Gasteiger partial charge in [-0.3, -0.25) is 9.69 Å². The van der Waals surface area contributed by atoms with Gasteiger partial charge < -0.3 is 4.74 Å². The van der Waals surface area contributed by atoms with E-state index in [0.717, 1.165) is 5.56 Å². The number of sulfonamides is 1. The second-order valence-corrected chi connectivity index (χ2v) is 10.3. The first-order valence-corrected chi connectivity index (χ1v) is 11.8. The zero-order valence-electron chi connectivity index (χ0n) is 15.7. The number of fused-ring (bicyclic) bond motifs is 1. The fourth-order valence-electron chi connectivity index (χ4n) is 4.38. The molecule has 1 aromatic carbocycles. The molecule has 8 heteroatoms. The summed E-state index contributed by atoms with van der Waals surface area (Å²) in [5.74, 6) is -0.559. The molecule has 2 saturated heterocycles. The van der Waals surface area contributed by atoms with Crippen LogP contribution in [0.3, 0.4) is 0 Å². The molecular weight excluding hydrogens is 396 g/mol. The largest absolute Gasteiger partial charge is 0.466 e. The molecule has 0 unspecified atom stereocenters. The molecule has 4 rings (SSSR count). The number of benzene rings is 1. The highest BCUT2D eigenvalue weighted by Crippen LogP contribution is 2.41. The lowest BCUT2D eigenvalue weighted by Gasteiger charge is -2.38. The van der Waals surface area contributed by atoms with Gasteiger partial charge in [0, 0.05) is 38.1 Å². The molecule has 6 nitrogen and oxygen atoms in total. The summed E-state index contributed by atoms with van der Waals surface area (Å²) in [4.78, 5) is 14.9. The van der Waals surface area contributed by atoms with E-state index in [1.807, 2.05) is 37.3 Å². The summed E-state index contributed by atoms with van der Waals surface area (Å²) >= 11 is 1.24. The molecule has 28 heavy (non-hydrogen) atoms. The van der Waals surface area contributed by atoms with Crippen molar-refractivity contribution in [3.8, 4) is 0 Å². The third kappa shape index (κ3) is 3.50. The summed E-state index contributed by atoms with van der Waals surface area (Å²) in [5.41, 5.74) is 1.06. The number of thiophene rings is 1. The van der Waals surface area contributed by atoms with Crippen LogP contribution in [0.15, 0.2) is 52.1 Å². The number of ether oxygens (including phenoxy) is 1. The van der Waals surface area contributed by atoms with Gasteiger partial charge in [0.05, 0.1) is 12.5 Å². The Bertz CT molecular complexity index is 915. The van der Waals surface area contributed by atoms with E-state index in [0.29, 0.717) is 37.0 Å². The number of carbonyl (C=O) groups is 1. The second-order valence-electron chi connectivity index (χ2n) is 7.15. The van der Waals surface area contributed by atoms with Crippen LogP contribution >= 0.6 is 11.3 Å². The molecule has 3 atom stereocenters. The van der Waals surface area contributed by atoms with Gasteiger partial charge in [0.2, 0.25) is 0 Å². The number of esters is 1. The highest BCUT2D eigenvalue weighted by Gasteiger charge is 2.50. The number of nitrogens with zero attached hydrogens (tertiary/aromatic N) is 2. The average molecular weight is 421 g/mol. The van der Waals surface area contributed by atoms with Crippen molar-refractivity contribution in [2.45, 2.75) is 23.1 Å². The topological polar surface area (TPSA) is 66.9 Å². The second kappa shape index (κ2) is 7.94. The lowest BCUT2D eigenvalue weighted by molar-refractivity contribution is -0.148. The predicted octanol–water partition coefficient (Wildman–Crippen LogP) is 2.40. The molecule has 3 heterocycles. The molecule has 0 bridgehead atoms. The van der Waals surface area contributed by atoms with E-state index in [-0.39, 0.29) is 23.8 Å². The minimum atomic E-state index is -3.50. The van der Waals surface area contributed by atoms with Crippen LogP contribution < -0.4 is 0 Å². The van der Waals surface area contributed by atoms with Gasteiger partial charge in [-0.25, -0.2) is 8.42 Å². The van der Waals surface area contributed by atoms with E-state index in [9.17, 15) is 13.2 Å². The molecule has 1 aromatic heterocycles. The number of hydrogen-bond acceptors (Lipinski definition) is 6. The fraction of sp³-hybridized carbons (Fsp3) is 0.450. The van der Waals surface area contributed by atoms with Crippen molar-refractivity contribution < 1.29 is 17.9 Å². The number of piperazine rings is 1. The van der Waals surface area contributed by atoms with Crippen molar-refractivity contribution in [1.82, 2.24) is 9.21 Å². The van der Waals surface area contributed by atoms with E-state index in [1.54, 1.807) is 21.8 Å². The van der Waals surface area contributed by atoms with Crippen molar-refractivity contribution in [2.75, 3.05) is 32.8 Å². The first kappa shape index (κ1) is 19.6. The average Bonchev–Trinajstić information content (AvgIpc) is 3.36. The summed E-state index contributed by atoms with van der Waals surface area (Å²) < 4.78 is 33.3. The maximum Gasteiger partial charge on any atom is 0.310 e. The lowest BCUT2D eigenvalue weighted by Crippen LogP contribution is -2.53. The van der Waals surface area contributed by atoms with Crippen LogP contribution in [0.5, 0.6) is 0 Å². The van der Waals surface area contributed by atoms with Gasteiger partial charge >= 0.3 is 5.97 Å². The number of carbonyl (C=O) groups excluding carboxylic acids is 1. The smallest absolute Gasteiger partial charge is 0.310 e. The molecule has 150 valence electrons. The van der Waals surface area contributed by atoms with Gasteiger partial charge in [-0.1, -0.05) is 36.4 Å². The molecule has 2 fully saturated rings. The summed E-state index contributed by atoms with van der Waals surface area (Å²) in [6.45, 7) is 4.21. The van der Waals surface area contributed by atoms with E-state index in [4.69, 9.17) is 4.74 Å². The maximum absolute atomic E-state index is 13.0. The molecule has 2 aromatic rings. The Morgan fingerprint density at radius 3 is 2.61 bits per heavy atom. The SMILES string of the molecule is CCOC(=O)[C@@H]1CN2CCN(S(=O)(=O)c3cccs3)C[C@@H]2[C@H]1c1ccccc1. The van der Waals surface area contributed by atoms with Gasteiger partial charge in [-0.15, -0.1) is 11.3 Å². The quantitative estimate of drug-likeness (QED) is 0.695. The molecule has 0 N–H and O–H groups in total. The van der Waals surface area contributed by atoms with Crippen LogP contribution in [-0.2, 0) is 19.6 Å². The summed E-state index contributed by atoms with van der Waals surface area (Å²) in [6.07, 6.45) is 0. The van der Waals surface area contributed by atoms with Crippen LogP contribution in [-0.4, -0.2) is 62.4 Å². The van der Waals surface area contributed by atoms with Crippen LogP contribution in [0.1, 0.15) is 18.4 Å². The molecule has 2 aliphatic rings. The molecule has 0 saturated carbocycles. The summed E-state index contributed by atoms with van der Waals surface area (Å²) in [7, 11) is -3.50. The van der Waals surface area contributed by atoms with Crippen molar-refractivity contribution >= 4 is 27.3 Å². The maximum atomic E-state index is 13.0. The Balaban J connectivity index is 1.65. The first-order chi connectivity index (χ1) is 13.5. The minimum Gasteiger partial charge on any atom is -0.466 e. The monoisotopic (exact) mass is 420 g/mol. The van der Waals surface area contributed by atoms with Crippen molar-refractivity contribution in [3.63, 3.8) is 0 Å². The van der Waals surface area contributed by atoms with E-state index >= 15 is 0 Å². The number of rotatable bonds is 5. The van der Waals surface area contributed by atoms with E-state index in [2.05, 4.69) is 4.90 Å². The van der Waals surface area contributed by atoms with Gasteiger partial charge in [0.15, 0.2) is 0 Å². The molecule has 0 radical (unpaired) electrons. The normalized spacial score (nSPS) is 26.1. The fourth-order valence-corrected chi connectivity index (χ4v) is 6.97. The molecule has 2 aliphatic heterocycles. The van der Waals surface area contributed by atoms with Crippen LogP contribution in [0.2, 0.25) is 0 Å². The van der Waals surface area contributed by atoms with Gasteiger partial charge in [0.1, 0.15) is 4.21 Å². The van der Waals surface area contributed by atoms with Crippen molar-refractivity contribution in [1.29, 1.82) is 0 Å². The molecule has 0 amide bonds. The van der Waals surface area contributed by atoms with Crippen molar-refractivity contribution in [2.24, 2.45) is 5.92 Å². The highest BCUT2D eigenvalue weighted by atomic mass is 32.2. The third-order valence-electron chi connectivity index (χ3n) is 5.64. The van der Waals surface area contributed by atoms with E-state index in [1.165, 1.54) is 11.3 Å². The number of hydrogen-bond donors (Lipinski definition) is 0. The highest BCUT2D eigenvalue weighted by molar-refractivity contribution is 7.91. The zero-order valence-corrected chi connectivity index (χ0v) is 17.4. The van der Waals surface area contributed by atoms with Gasteiger partial charge in [-0.2, -0.15) is 4.31 Å². The van der Waals surface area contributed by atoms with Crippen LogP contribution in [0, 0.1) is 5.92 Å². The summed E-state index contributed by atoms with van der Waals surface area (Å²) in [6, 6.07) is 13.3. The standard InChI is InChI=1S/C20H24N2O4S2/c1-2-26-20(23)16-13-21-10-11-22(28(24,25)18-9-6-12-27-18)14-17(21)19(16)15-7-4-3-5-8-15/h3-9,12,16-17,19H,2,10-11,13-14H2,1H3/t16-,17-,19+/m1/s1. The van der Waals surface area contributed by atoms with Gasteiger partial charge in [-0.05, 0) is 23.9 Å². The zero-order chi connectivity index (χ0) is 19.7. The Hall–Kier alpha value is -1.74. The Kier molecular flexibility index (Phi) is 5.55. The van der Waals surface area contributed by atoms with Gasteiger partial charge in [0.25, 0.3) is 10.0 Å². The lowest BCUT2D eigenvalue weighted by atomic mass is 9.84. The van der Waals surface area contributed by atoms with Crippen LogP contribution in [0.25, 0.3) is 0 Å². The predicted molar refractivity (Wildman–Crippen MR) is 108 cm³/mol. The van der Waals surface area contributed by atoms with Crippen LogP contribution in [0.4, 0.5) is 0 Å². The third-order valence-corrected chi connectivity index (χ3v) is 8.88. The van der Waals surface area contributed by atoms with E-state index < -0.39 is 10.0 Å². The Labute approximate surface area is 169 Å². The molecular formula is C20H24N2O4S2. The minimum absolute atomic E-state index is 0.0414. The Morgan fingerprint density at radius 1 is 1.14 bits per heavy atom. The van der Waals surface area contributed by atoms with Crippen molar-refractivity contribution in [3.05, 3.63) is 53.4 Å². The first-order valence-electron chi connectivity index (χ1n) is 9.51. The molecule has 0 spiro atoms.